The Morgan fingerprint density at radius 1 is 1.42 bits per heavy atom. The summed E-state index contributed by atoms with van der Waals surface area (Å²) in [6, 6.07) is 5.73. The van der Waals surface area contributed by atoms with Crippen molar-refractivity contribution in [2.24, 2.45) is 0 Å². The topological polar surface area (TPSA) is 41.5 Å². The van der Waals surface area contributed by atoms with Crippen LogP contribution in [0.25, 0.3) is 0 Å². The molecule has 0 bridgehead atoms. The summed E-state index contributed by atoms with van der Waals surface area (Å²) in [5, 5.41) is 11.8. The molecular formula is C9H9NO2. The summed E-state index contributed by atoms with van der Waals surface area (Å²) in [5.41, 5.74) is 1.92. The van der Waals surface area contributed by atoms with Crippen LogP contribution in [0.4, 0.5) is 5.69 Å². The lowest BCUT2D eigenvalue weighted by Crippen LogP contribution is -2.07. The van der Waals surface area contributed by atoms with Crippen molar-refractivity contribution in [3.05, 3.63) is 35.9 Å². The number of hydrogen-bond acceptors (Lipinski definition) is 3. The molecule has 62 valence electrons. The van der Waals surface area contributed by atoms with Gasteiger partial charge in [-0.15, -0.1) is 0 Å². The Hall–Kier alpha value is -1.64. The summed E-state index contributed by atoms with van der Waals surface area (Å²) < 4.78 is 5.14. The molecule has 0 unspecified atom stereocenters. The number of aryl methyl sites for hydroxylation is 1. The van der Waals surface area contributed by atoms with E-state index in [1.54, 1.807) is 0 Å². The van der Waals surface area contributed by atoms with E-state index in [0.717, 1.165) is 17.0 Å². The van der Waals surface area contributed by atoms with E-state index in [1.807, 2.05) is 25.1 Å². The van der Waals surface area contributed by atoms with Crippen LogP contribution in [0.15, 0.2) is 30.3 Å². The smallest absolute Gasteiger partial charge is 0.225 e. The van der Waals surface area contributed by atoms with Gasteiger partial charge in [-0.3, -0.25) is 0 Å². The van der Waals surface area contributed by atoms with E-state index in [-0.39, 0.29) is 5.88 Å². The Kier molecular flexibility index (Phi) is 1.43. The number of ether oxygens (including phenoxy) is 1. The highest BCUT2D eigenvalue weighted by Crippen LogP contribution is 2.29. The minimum absolute atomic E-state index is 0.0337. The molecule has 1 heterocycles. The third-order valence-electron chi connectivity index (χ3n) is 1.70. The fraction of sp³-hybridized carbons (Fsp3) is 0.111. The number of hydrogen-bond donors (Lipinski definition) is 2. The van der Waals surface area contributed by atoms with Gasteiger partial charge in [-0.2, -0.15) is 0 Å². The maximum atomic E-state index is 9.05. The van der Waals surface area contributed by atoms with Gasteiger partial charge in [-0.1, -0.05) is 6.07 Å². The zero-order valence-electron chi connectivity index (χ0n) is 6.66. The predicted molar refractivity (Wildman–Crippen MR) is 46.1 cm³/mol. The number of rotatable bonds is 0. The fourth-order valence-electron chi connectivity index (χ4n) is 1.12. The number of aliphatic hydroxyl groups is 1. The Morgan fingerprint density at radius 3 is 3.08 bits per heavy atom. The van der Waals surface area contributed by atoms with E-state index >= 15 is 0 Å². The Labute approximate surface area is 70.3 Å². The molecule has 1 aromatic rings. The van der Waals surface area contributed by atoms with Crippen LogP contribution < -0.4 is 10.1 Å². The summed E-state index contributed by atoms with van der Waals surface area (Å²) >= 11 is 0. The zero-order valence-corrected chi connectivity index (χ0v) is 6.66. The molecule has 0 saturated carbocycles. The Balaban J connectivity index is 2.43. The zero-order chi connectivity index (χ0) is 8.55. The molecular weight excluding hydrogens is 154 g/mol. The van der Waals surface area contributed by atoms with Crippen LogP contribution in [-0.4, -0.2) is 5.11 Å². The molecule has 3 heteroatoms. The third kappa shape index (κ3) is 1.09. The predicted octanol–water partition coefficient (Wildman–Crippen LogP) is 2.16. The summed E-state index contributed by atoms with van der Waals surface area (Å²) in [6.45, 7) is 1.99. The molecule has 3 nitrogen and oxygen atoms in total. The van der Waals surface area contributed by atoms with Gasteiger partial charge in [0.1, 0.15) is 0 Å². The molecule has 0 atom stereocenters. The van der Waals surface area contributed by atoms with E-state index in [2.05, 4.69) is 5.32 Å². The van der Waals surface area contributed by atoms with Gasteiger partial charge in [0.05, 0.1) is 5.69 Å². The van der Waals surface area contributed by atoms with Crippen molar-refractivity contribution in [1.82, 2.24) is 0 Å². The second kappa shape index (κ2) is 2.44. The summed E-state index contributed by atoms with van der Waals surface area (Å²) in [4.78, 5) is 0. The van der Waals surface area contributed by atoms with Crippen molar-refractivity contribution in [3.63, 3.8) is 0 Å². The minimum Gasteiger partial charge on any atom is -0.492 e. The largest absolute Gasteiger partial charge is 0.492 e. The average molecular weight is 163 g/mol. The first-order valence-corrected chi connectivity index (χ1v) is 3.69. The number of anilines is 1. The standard InChI is InChI=1S/C9H9NO2/c1-6-2-3-7-8(4-6)12-5-9(11)10-7/h2-5,10-11H,1H3. The average Bonchev–Trinajstić information content (AvgIpc) is 2.05. The van der Waals surface area contributed by atoms with Crippen molar-refractivity contribution >= 4 is 5.69 Å². The molecule has 0 radical (unpaired) electrons. The first-order valence-electron chi connectivity index (χ1n) is 3.69. The monoisotopic (exact) mass is 163 g/mol. The number of benzene rings is 1. The lowest BCUT2D eigenvalue weighted by Gasteiger charge is -2.15. The summed E-state index contributed by atoms with van der Waals surface area (Å²) in [7, 11) is 0. The summed E-state index contributed by atoms with van der Waals surface area (Å²) in [6.07, 6.45) is 1.28. The minimum atomic E-state index is 0.0337. The van der Waals surface area contributed by atoms with Gasteiger partial charge in [0.2, 0.25) is 5.88 Å². The maximum Gasteiger partial charge on any atom is 0.225 e. The molecule has 1 aliphatic heterocycles. The van der Waals surface area contributed by atoms with Gasteiger partial charge >= 0.3 is 0 Å². The van der Waals surface area contributed by atoms with Crippen LogP contribution in [0.5, 0.6) is 5.75 Å². The SMILES string of the molecule is Cc1ccc2c(c1)OC=C(O)N2. The molecule has 12 heavy (non-hydrogen) atoms. The molecule has 2 rings (SSSR count). The molecule has 0 amide bonds. The molecule has 0 fully saturated rings. The van der Waals surface area contributed by atoms with Crippen molar-refractivity contribution in [2.45, 2.75) is 6.92 Å². The van der Waals surface area contributed by atoms with Crippen LogP contribution in [0.3, 0.4) is 0 Å². The highest BCUT2D eigenvalue weighted by molar-refractivity contribution is 5.61. The van der Waals surface area contributed by atoms with Crippen LogP contribution in [0, 0.1) is 6.92 Å². The molecule has 1 aromatic carbocycles. The van der Waals surface area contributed by atoms with E-state index in [1.165, 1.54) is 6.26 Å². The molecule has 0 aromatic heterocycles. The highest BCUT2D eigenvalue weighted by Gasteiger charge is 2.09. The van der Waals surface area contributed by atoms with E-state index in [0.29, 0.717) is 0 Å². The Bertz CT molecular complexity index is 344. The number of aliphatic hydroxyl groups excluding tert-OH is 1. The van der Waals surface area contributed by atoms with E-state index in [4.69, 9.17) is 9.84 Å². The van der Waals surface area contributed by atoms with Crippen LogP contribution in [-0.2, 0) is 0 Å². The van der Waals surface area contributed by atoms with E-state index < -0.39 is 0 Å². The fourth-order valence-corrected chi connectivity index (χ4v) is 1.12. The van der Waals surface area contributed by atoms with E-state index in [9.17, 15) is 0 Å². The van der Waals surface area contributed by atoms with Crippen LogP contribution in [0.1, 0.15) is 5.56 Å². The van der Waals surface area contributed by atoms with Crippen molar-refractivity contribution in [1.29, 1.82) is 0 Å². The second-order valence-electron chi connectivity index (χ2n) is 2.75. The van der Waals surface area contributed by atoms with Crippen molar-refractivity contribution in [3.8, 4) is 5.75 Å². The van der Waals surface area contributed by atoms with Crippen LogP contribution in [0.2, 0.25) is 0 Å². The van der Waals surface area contributed by atoms with Crippen molar-refractivity contribution < 1.29 is 9.84 Å². The maximum absolute atomic E-state index is 9.05. The molecule has 0 spiro atoms. The van der Waals surface area contributed by atoms with Gasteiger partial charge in [0, 0.05) is 0 Å². The van der Waals surface area contributed by atoms with Gasteiger partial charge in [-0.05, 0) is 24.6 Å². The van der Waals surface area contributed by atoms with Crippen LogP contribution >= 0.6 is 0 Å². The Morgan fingerprint density at radius 2 is 2.25 bits per heavy atom. The van der Waals surface area contributed by atoms with Gasteiger partial charge in [0.25, 0.3) is 0 Å². The highest BCUT2D eigenvalue weighted by atomic mass is 16.5. The second-order valence-corrected chi connectivity index (χ2v) is 2.75. The number of fused-ring (bicyclic) bond motifs is 1. The molecule has 0 aliphatic carbocycles. The lowest BCUT2D eigenvalue weighted by atomic mass is 10.2. The van der Waals surface area contributed by atoms with Gasteiger partial charge in [0.15, 0.2) is 12.0 Å². The first kappa shape index (κ1) is 7.03. The number of nitrogens with one attached hydrogen (secondary N) is 1. The lowest BCUT2D eigenvalue weighted by molar-refractivity contribution is 0.364. The first-order chi connectivity index (χ1) is 5.75. The van der Waals surface area contributed by atoms with Crippen molar-refractivity contribution in [2.75, 3.05) is 5.32 Å². The van der Waals surface area contributed by atoms with Gasteiger partial charge in [-0.25, -0.2) is 0 Å². The van der Waals surface area contributed by atoms with Gasteiger partial charge < -0.3 is 15.2 Å². The molecule has 0 saturated heterocycles. The third-order valence-corrected chi connectivity index (χ3v) is 1.70. The normalized spacial score (nSPS) is 13.9. The quantitative estimate of drug-likeness (QED) is 0.615. The molecule has 2 N–H and O–H groups in total. The summed E-state index contributed by atoms with van der Waals surface area (Å²) in [5.74, 6) is 0.777. The molecule has 1 aliphatic rings.